The zero-order chi connectivity index (χ0) is 16.5. The first kappa shape index (κ1) is 18.6. The minimum atomic E-state index is -0.493. The molecular formula is C16H27N3O2S. The van der Waals surface area contributed by atoms with E-state index in [1.165, 1.54) is 11.3 Å². The van der Waals surface area contributed by atoms with Crippen molar-refractivity contribution in [3.63, 3.8) is 0 Å². The van der Waals surface area contributed by atoms with Gasteiger partial charge < -0.3 is 11.1 Å². The van der Waals surface area contributed by atoms with Gasteiger partial charge in [-0.1, -0.05) is 27.2 Å². The van der Waals surface area contributed by atoms with Gasteiger partial charge in [0, 0.05) is 4.88 Å². The number of primary amides is 1. The molecule has 0 fully saturated rings. The van der Waals surface area contributed by atoms with Crippen molar-refractivity contribution >= 4 is 28.2 Å². The summed E-state index contributed by atoms with van der Waals surface area (Å²) in [5, 5.41) is 3.43. The number of rotatable bonds is 10. The number of thiophene rings is 1. The lowest BCUT2D eigenvalue weighted by atomic mass is 10.2. The van der Waals surface area contributed by atoms with Gasteiger partial charge in [0.1, 0.15) is 5.00 Å². The molecule has 124 valence electrons. The molecule has 0 atom stereocenters. The molecule has 1 aromatic rings. The number of nitrogens with zero attached hydrogens (tertiary/aromatic N) is 1. The molecule has 1 heterocycles. The Morgan fingerprint density at radius 2 is 1.82 bits per heavy atom. The second-order valence-electron chi connectivity index (χ2n) is 5.39. The second-order valence-corrected chi connectivity index (χ2v) is 6.53. The Labute approximate surface area is 136 Å². The van der Waals surface area contributed by atoms with Crippen LogP contribution in [-0.4, -0.2) is 36.3 Å². The van der Waals surface area contributed by atoms with Crippen LogP contribution >= 0.6 is 11.3 Å². The van der Waals surface area contributed by atoms with Gasteiger partial charge >= 0.3 is 0 Å². The van der Waals surface area contributed by atoms with Crippen LogP contribution in [0.25, 0.3) is 0 Å². The number of anilines is 1. The predicted molar refractivity (Wildman–Crippen MR) is 92.5 cm³/mol. The molecule has 0 aromatic carbocycles. The number of amides is 2. The van der Waals surface area contributed by atoms with Crippen molar-refractivity contribution in [1.29, 1.82) is 0 Å². The average molecular weight is 325 g/mol. The number of hydrogen-bond acceptors (Lipinski definition) is 4. The predicted octanol–water partition coefficient (Wildman–Crippen LogP) is 2.86. The molecule has 0 saturated carbocycles. The van der Waals surface area contributed by atoms with E-state index >= 15 is 0 Å². The molecule has 1 aromatic heterocycles. The van der Waals surface area contributed by atoms with Gasteiger partial charge in [-0.3, -0.25) is 14.5 Å². The Kier molecular flexibility index (Phi) is 8.12. The third-order valence-electron chi connectivity index (χ3n) is 3.24. The van der Waals surface area contributed by atoms with Crippen LogP contribution in [0.1, 0.15) is 55.3 Å². The van der Waals surface area contributed by atoms with Crippen molar-refractivity contribution in [1.82, 2.24) is 4.90 Å². The molecule has 3 N–H and O–H groups in total. The first-order valence-corrected chi connectivity index (χ1v) is 8.78. The van der Waals surface area contributed by atoms with Crippen molar-refractivity contribution in [3.8, 4) is 0 Å². The molecule has 0 aliphatic rings. The summed E-state index contributed by atoms with van der Waals surface area (Å²) < 4.78 is 0. The SMILES string of the molecule is CCCc1cc(C(N)=O)c(NC(=O)CN(CCC)CCC)s1. The van der Waals surface area contributed by atoms with Crippen LogP contribution in [0.2, 0.25) is 0 Å². The Morgan fingerprint density at radius 3 is 2.32 bits per heavy atom. The third-order valence-corrected chi connectivity index (χ3v) is 4.36. The van der Waals surface area contributed by atoms with E-state index in [0.717, 1.165) is 43.6 Å². The summed E-state index contributed by atoms with van der Waals surface area (Å²) in [6.45, 7) is 8.42. The molecule has 0 radical (unpaired) electrons. The van der Waals surface area contributed by atoms with Gasteiger partial charge in [-0.15, -0.1) is 11.3 Å². The van der Waals surface area contributed by atoms with E-state index in [1.54, 1.807) is 6.07 Å². The summed E-state index contributed by atoms with van der Waals surface area (Å²) in [6.07, 6.45) is 3.91. The fourth-order valence-corrected chi connectivity index (χ4v) is 3.54. The van der Waals surface area contributed by atoms with Crippen molar-refractivity contribution in [2.24, 2.45) is 5.73 Å². The van der Waals surface area contributed by atoms with Crippen LogP contribution in [-0.2, 0) is 11.2 Å². The Balaban J connectivity index is 2.75. The largest absolute Gasteiger partial charge is 0.366 e. The van der Waals surface area contributed by atoms with Gasteiger partial charge in [0.05, 0.1) is 12.1 Å². The summed E-state index contributed by atoms with van der Waals surface area (Å²) in [7, 11) is 0. The lowest BCUT2D eigenvalue weighted by Gasteiger charge is -2.20. The van der Waals surface area contributed by atoms with E-state index in [4.69, 9.17) is 5.73 Å². The van der Waals surface area contributed by atoms with Crippen molar-refractivity contribution in [3.05, 3.63) is 16.5 Å². The maximum absolute atomic E-state index is 12.2. The molecule has 0 aliphatic carbocycles. The summed E-state index contributed by atoms with van der Waals surface area (Å²) >= 11 is 1.44. The molecule has 0 bridgehead atoms. The molecule has 0 spiro atoms. The number of carbonyl (C=O) groups excluding carboxylic acids is 2. The molecule has 2 amide bonds. The zero-order valence-corrected chi connectivity index (χ0v) is 14.6. The number of carbonyl (C=O) groups is 2. The van der Waals surface area contributed by atoms with E-state index in [-0.39, 0.29) is 5.91 Å². The fraction of sp³-hybridized carbons (Fsp3) is 0.625. The number of hydrogen-bond donors (Lipinski definition) is 2. The van der Waals surface area contributed by atoms with Crippen LogP contribution in [0.4, 0.5) is 5.00 Å². The Morgan fingerprint density at radius 1 is 1.18 bits per heavy atom. The van der Waals surface area contributed by atoms with Gasteiger partial charge in [0.2, 0.25) is 5.91 Å². The summed E-state index contributed by atoms with van der Waals surface area (Å²) in [5.74, 6) is -0.581. The highest BCUT2D eigenvalue weighted by molar-refractivity contribution is 7.16. The number of nitrogens with two attached hydrogens (primary N) is 1. The molecule has 5 nitrogen and oxygen atoms in total. The number of aryl methyl sites for hydroxylation is 1. The van der Waals surface area contributed by atoms with Gasteiger partial charge in [-0.25, -0.2) is 0 Å². The summed E-state index contributed by atoms with van der Waals surface area (Å²) in [4.78, 5) is 26.9. The first-order valence-electron chi connectivity index (χ1n) is 7.96. The zero-order valence-electron chi connectivity index (χ0n) is 13.8. The molecular weight excluding hydrogens is 298 g/mol. The maximum atomic E-state index is 12.2. The van der Waals surface area contributed by atoms with Crippen molar-refractivity contribution in [2.75, 3.05) is 25.0 Å². The molecule has 0 unspecified atom stereocenters. The smallest absolute Gasteiger partial charge is 0.251 e. The lowest BCUT2D eigenvalue weighted by Crippen LogP contribution is -2.34. The van der Waals surface area contributed by atoms with E-state index in [9.17, 15) is 9.59 Å². The number of nitrogens with one attached hydrogen (secondary N) is 1. The molecule has 0 aliphatic heterocycles. The standard InChI is InChI=1S/C16H27N3O2S/c1-4-7-12-10-13(15(17)21)16(22-12)18-14(20)11-19(8-5-2)9-6-3/h10H,4-9,11H2,1-3H3,(H2,17,21)(H,18,20). The summed E-state index contributed by atoms with van der Waals surface area (Å²) in [5.41, 5.74) is 5.82. The van der Waals surface area contributed by atoms with Crippen LogP contribution in [0, 0.1) is 0 Å². The normalized spacial score (nSPS) is 10.9. The lowest BCUT2D eigenvalue weighted by molar-refractivity contribution is -0.117. The van der Waals surface area contributed by atoms with Gasteiger partial charge in [-0.2, -0.15) is 0 Å². The maximum Gasteiger partial charge on any atom is 0.251 e. The Bertz CT molecular complexity index is 494. The van der Waals surface area contributed by atoms with E-state index in [1.807, 2.05) is 0 Å². The highest BCUT2D eigenvalue weighted by Crippen LogP contribution is 2.28. The quantitative estimate of drug-likeness (QED) is 0.694. The highest BCUT2D eigenvalue weighted by atomic mass is 32.1. The van der Waals surface area contributed by atoms with Crippen LogP contribution < -0.4 is 11.1 Å². The van der Waals surface area contributed by atoms with Crippen LogP contribution in [0.15, 0.2) is 6.07 Å². The van der Waals surface area contributed by atoms with Gasteiger partial charge in [0.15, 0.2) is 0 Å². The minimum Gasteiger partial charge on any atom is -0.366 e. The third kappa shape index (κ3) is 5.77. The monoisotopic (exact) mass is 325 g/mol. The summed E-state index contributed by atoms with van der Waals surface area (Å²) in [6, 6.07) is 1.79. The Hall–Kier alpha value is -1.40. The van der Waals surface area contributed by atoms with Crippen molar-refractivity contribution < 1.29 is 9.59 Å². The molecule has 0 saturated heterocycles. The van der Waals surface area contributed by atoms with E-state index in [0.29, 0.717) is 17.1 Å². The van der Waals surface area contributed by atoms with Crippen LogP contribution in [0.5, 0.6) is 0 Å². The first-order chi connectivity index (χ1) is 10.5. The topological polar surface area (TPSA) is 75.4 Å². The fourth-order valence-electron chi connectivity index (χ4n) is 2.36. The molecule has 22 heavy (non-hydrogen) atoms. The second kappa shape index (κ2) is 9.58. The van der Waals surface area contributed by atoms with Gasteiger partial charge in [0.25, 0.3) is 5.91 Å². The molecule has 1 rings (SSSR count). The van der Waals surface area contributed by atoms with E-state index in [2.05, 4.69) is 31.0 Å². The highest BCUT2D eigenvalue weighted by Gasteiger charge is 2.17. The average Bonchev–Trinajstić information content (AvgIpc) is 2.82. The minimum absolute atomic E-state index is 0.0886. The van der Waals surface area contributed by atoms with Crippen molar-refractivity contribution in [2.45, 2.75) is 46.5 Å². The van der Waals surface area contributed by atoms with E-state index < -0.39 is 5.91 Å². The molecule has 6 heteroatoms. The van der Waals surface area contributed by atoms with Gasteiger partial charge in [-0.05, 0) is 38.4 Å². The van der Waals surface area contributed by atoms with Crippen LogP contribution in [0.3, 0.4) is 0 Å².